The molecule has 0 bridgehead atoms. The van der Waals surface area contributed by atoms with Crippen LogP contribution in [0.4, 0.5) is 0 Å². The molecule has 0 heterocycles. The second kappa shape index (κ2) is 10.7. The highest BCUT2D eigenvalue weighted by Crippen LogP contribution is 2.51. The standard InChI is InChI=1S/C18H26N4OS.HI/c1-4-12-19-17(20-13-16(23)22(2)3)21-14-18(10-11-18)24-15-8-6-5-7-9-15;/h4-9H,1,10-14H2,2-3H3,(H2,19,20,21);1H. The van der Waals surface area contributed by atoms with E-state index in [1.807, 2.05) is 17.8 Å². The number of amides is 1. The Labute approximate surface area is 171 Å². The average molecular weight is 474 g/mol. The van der Waals surface area contributed by atoms with Gasteiger partial charge in [0.25, 0.3) is 0 Å². The largest absolute Gasteiger partial charge is 0.355 e. The van der Waals surface area contributed by atoms with Crippen molar-refractivity contribution in [2.75, 3.05) is 33.7 Å². The highest BCUT2D eigenvalue weighted by atomic mass is 127. The monoisotopic (exact) mass is 474 g/mol. The fourth-order valence-electron chi connectivity index (χ4n) is 2.07. The topological polar surface area (TPSA) is 56.7 Å². The van der Waals surface area contributed by atoms with Crippen molar-refractivity contribution in [1.29, 1.82) is 0 Å². The molecular weight excluding hydrogens is 447 g/mol. The van der Waals surface area contributed by atoms with Crippen LogP contribution < -0.4 is 10.6 Å². The summed E-state index contributed by atoms with van der Waals surface area (Å²) in [4.78, 5) is 18.9. The number of thioether (sulfide) groups is 1. The van der Waals surface area contributed by atoms with E-state index in [-0.39, 0.29) is 41.2 Å². The molecule has 0 saturated heterocycles. The fourth-order valence-corrected chi connectivity index (χ4v) is 3.31. The summed E-state index contributed by atoms with van der Waals surface area (Å²) in [5.74, 6) is 0.638. The molecule has 0 aromatic heterocycles. The SMILES string of the molecule is C=CCNC(=NCC(=O)N(C)C)NCC1(Sc2ccccc2)CC1.I. The van der Waals surface area contributed by atoms with Gasteiger partial charge in [0.15, 0.2) is 5.96 Å². The smallest absolute Gasteiger partial charge is 0.243 e. The number of halogens is 1. The highest BCUT2D eigenvalue weighted by Gasteiger charge is 2.43. The maximum Gasteiger partial charge on any atom is 0.243 e. The highest BCUT2D eigenvalue weighted by molar-refractivity contribution is 14.0. The molecule has 1 aromatic carbocycles. The van der Waals surface area contributed by atoms with Gasteiger partial charge in [-0.15, -0.1) is 42.3 Å². The van der Waals surface area contributed by atoms with E-state index in [1.165, 1.54) is 17.7 Å². The zero-order valence-corrected chi connectivity index (χ0v) is 18.0. The molecule has 0 unspecified atom stereocenters. The van der Waals surface area contributed by atoms with Gasteiger partial charge >= 0.3 is 0 Å². The summed E-state index contributed by atoms with van der Waals surface area (Å²) in [6.45, 7) is 5.28. The first kappa shape index (κ1) is 21.8. The van der Waals surface area contributed by atoms with Gasteiger partial charge in [0.05, 0.1) is 0 Å². The summed E-state index contributed by atoms with van der Waals surface area (Å²) in [5, 5.41) is 6.54. The first-order valence-corrected chi connectivity index (χ1v) is 8.94. The quantitative estimate of drug-likeness (QED) is 0.263. The zero-order chi connectivity index (χ0) is 17.4. The van der Waals surface area contributed by atoms with Crippen molar-refractivity contribution in [2.24, 2.45) is 4.99 Å². The van der Waals surface area contributed by atoms with Crippen molar-refractivity contribution in [2.45, 2.75) is 22.5 Å². The number of aliphatic imine (C=N–C) groups is 1. The minimum absolute atomic E-state index is 0. The molecule has 138 valence electrons. The van der Waals surface area contributed by atoms with Crippen molar-refractivity contribution in [3.63, 3.8) is 0 Å². The first-order chi connectivity index (χ1) is 11.5. The van der Waals surface area contributed by atoms with E-state index in [0.29, 0.717) is 12.5 Å². The molecule has 0 radical (unpaired) electrons. The van der Waals surface area contributed by atoms with Crippen molar-refractivity contribution >= 4 is 47.6 Å². The molecule has 2 N–H and O–H groups in total. The molecule has 2 rings (SSSR count). The van der Waals surface area contributed by atoms with Gasteiger partial charge < -0.3 is 15.5 Å². The van der Waals surface area contributed by atoms with Gasteiger partial charge in [-0.25, -0.2) is 4.99 Å². The lowest BCUT2D eigenvalue weighted by atomic mass is 10.4. The molecule has 1 fully saturated rings. The fraction of sp³-hybridized carbons (Fsp3) is 0.444. The van der Waals surface area contributed by atoms with Crippen molar-refractivity contribution < 1.29 is 4.79 Å². The molecule has 1 amide bonds. The Morgan fingerprint density at radius 1 is 1.32 bits per heavy atom. The van der Waals surface area contributed by atoms with Gasteiger partial charge in [-0.1, -0.05) is 24.3 Å². The third-order valence-electron chi connectivity index (χ3n) is 3.75. The number of benzene rings is 1. The number of carbonyl (C=O) groups is 1. The van der Waals surface area contributed by atoms with Crippen LogP contribution in [0, 0.1) is 0 Å². The van der Waals surface area contributed by atoms with Crippen molar-refractivity contribution in [3.05, 3.63) is 43.0 Å². The lowest BCUT2D eigenvalue weighted by Gasteiger charge is -2.18. The normalized spacial score (nSPS) is 14.9. The van der Waals surface area contributed by atoms with Crippen LogP contribution in [0.1, 0.15) is 12.8 Å². The minimum atomic E-state index is -0.0190. The average Bonchev–Trinajstić information content (AvgIpc) is 3.34. The molecule has 7 heteroatoms. The van der Waals surface area contributed by atoms with E-state index < -0.39 is 0 Å². The molecule has 1 aliphatic carbocycles. The van der Waals surface area contributed by atoms with E-state index in [9.17, 15) is 4.79 Å². The van der Waals surface area contributed by atoms with Gasteiger partial charge in [0, 0.05) is 36.8 Å². The van der Waals surface area contributed by atoms with Crippen LogP contribution in [0.25, 0.3) is 0 Å². The maximum atomic E-state index is 11.7. The van der Waals surface area contributed by atoms with Gasteiger partial charge in [-0.2, -0.15) is 0 Å². The van der Waals surface area contributed by atoms with E-state index >= 15 is 0 Å². The second-order valence-corrected chi connectivity index (χ2v) is 7.62. The van der Waals surface area contributed by atoms with E-state index in [0.717, 1.165) is 6.54 Å². The van der Waals surface area contributed by atoms with Crippen LogP contribution in [-0.4, -0.2) is 55.2 Å². The molecule has 1 aromatic rings. The molecule has 0 aliphatic heterocycles. The lowest BCUT2D eigenvalue weighted by Crippen LogP contribution is -2.42. The Hall–Kier alpha value is -1.22. The Balaban J connectivity index is 0.00000312. The molecule has 5 nitrogen and oxygen atoms in total. The summed E-state index contributed by atoms with van der Waals surface area (Å²) >= 11 is 1.91. The van der Waals surface area contributed by atoms with Gasteiger partial charge in [-0.3, -0.25) is 4.79 Å². The number of carbonyl (C=O) groups excluding carboxylic acids is 1. The van der Waals surface area contributed by atoms with Gasteiger partial charge in [-0.05, 0) is 25.0 Å². The molecule has 1 aliphatic rings. The van der Waals surface area contributed by atoms with Crippen LogP contribution in [0.5, 0.6) is 0 Å². The molecule has 25 heavy (non-hydrogen) atoms. The number of hydrogen-bond acceptors (Lipinski definition) is 3. The van der Waals surface area contributed by atoms with Crippen LogP contribution in [0.2, 0.25) is 0 Å². The number of hydrogen-bond donors (Lipinski definition) is 2. The Kier molecular flexibility index (Phi) is 9.34. The third kappa shape index (κ3) is 7.68. The zero-order valence-electron chi connectivity index (χ0n) is 14.8. The third-order valence-corrected chi connectivity index (χ3v) is 5.24. The number of likely N-dealkylation sites (N-methyl/N-ethyl adjacent to an activating group) is 1. The van der Waals surface area contributed by atoms with Crippen LogP contribution >= 0.6 is 35.7 Å². The summed E-state index contributed by atoms with van der Waals surface area (Å²) < 4.78 is 0.226. The summed E-state index contributed by atoms with van der Waals surface area (Å²) in [5.41, 5.74) is 0. The van der Waals surface area contributed by atoms with E-state index in [2.05, 4.69) is 46.5 Å². The van der Waals surface area contributed by atoms with Gasteiger partial charge in [0.2, 0.25) is 5.91 Å². The van der Waals surface area contributed by atoms with E-state index in [1.54, 1.807) is 25.1 Å². The Morgan fingerprint density at radius 2 is 2.00 bits per heavy atom. The number of nitrogens with zero attached hydrogens (tertiary/aromatic N) is 2. The minimum Gasteiger partial charge on any atom is -0.355 e. The van der Waals surface area contributed by atoms with Gasteiger partial charge in [0.1, 0.15) is 6.54 Å². The van der Waals surface area contributed by atoms with Crippen LogP contribution in [0.15, 0.2) is 52.9 Å². The summed E-state index contributed by atoms with van der Waals surface area (Å²) in [7, 11) is 3.47. The predicted molar refractivity (Wildman–Crippen MR) is 117 cm³/mol. The number of nitrogens with one attached hydrogen (secondary N) is 2. The van der Waals surface area contributed by atoms with Crippen molar-refractivity contribution in [3.8, 4) is 0 Å². The summed E-state index contributed by atoms with van der Waals surface area (Å²) in [6.07, 6.45) is 4.15. The Morgan fingerprint density at radius 3 is 2.56 bits per heavy atom. The van der Waals surface area contributed by atoms with Crippen LogP contribution in [-0.2, 0) is 4.79 Å². The molecule has 1 saturated carbocycles. The summed E-state index contributed by atoms with van der Waals surface area (Å²) in [6, 6.07) is 10.5. The number of guanidine groups is 1. The lowest BCUT2D eigenvalue weighted by molar-refractivity contribution is -0.127. The molecule has 0 atom stereocenters. The van der Waals surface area contributed by atoms with Crippen LogP contribution in [0.3, 0.4) is 0 Å². The van der Waals surface area contributed by atoms with Crippen molar-refractivity contribution in [1.82, 2.24) is 15.5 Å². The maximum absolute atomic E-state index is 11.7. The Bertz CT molecular complexity index is 588. The van der Waals surface area contributed by atoms with E-state index in [4.69, 9.17) is 0 Å². The predicted octanol–water partition coefficient (Wildman–Crippen LogP) is 2.74. The molecule has 0 spiro atoms. The number of rotatable bonds is 8. The molecular formula is C18H27IN4OS. The second-order valence-electron chi connectivity index (χ2n) is 6.07. The first-order valence-electron chi connectivity index (χ1n) is 8.12.